The minimum absolute atomic E-state index is 0.0808. The van der Waals surface area contributed by atoms with E-state index < -0.39 is 11.6 Å². The summed E-state index contributed by atoms with van der Waals surface area (Å²) in [7, 11) is 1.51. The number of nitrogens with two attached hydrogens (primary N) is 1. The van der Waals surface area contributed by atoms with Crippen molar-refractivity contribution in [3.8, 4) is 5.75 Å². The van der Waals surface area contributed by atoms with Gasteiger partial charge in [-0.05, 0) is 12.1 Å². The van der Waals surface area contributed by atoms with Gasteiger partial charge >= 0.3 is 0 Å². The monoisotopic (exact) mass is 361 g/mol. The molecule has 0 atom stereocenters. The number of pyridine rings is 1. The van der Waals surface area contributed by atoms with Crippen molar-refractivity contribution in [3.05, 3.63) is 53.4 Å². The first-order valence-electron chi connectivity index (χ1n) is 7.77. The minimum atomic E-state index is -0.755. The molecule has 0 aliphatic carbocycles. The van der Waals surface area contributed by atoms with Crippen LogP contribution in [-0.2, 0) is 11.3 Å². The van der Waals surface area contributed by atoms with E-state index in [-0.39, 0.29) is 36.0 Å². The van der Waals surface area contributed by atoms with Crippen LogP contribution in [0.15, 0.2) is 30.5 Å². The molecule has 0 unspecified atom stereocenters. The largest absolute Gasteiger partial charge is 0.491 e. The van der Waals surface area contributed by atoms with Crippen molar-refractivity contribution in [3.63, 3.8) is 0 Å². The summed E-state index contributed by atoms with van der Waals surface area (Å²) in [6.07, 6.45) is 1.54. The highest BCUT2D eigenvalue weighted by atomic mass is 19.1. The number of benzene rings is 1. The van der Waals surface area contributed by atoms with Gasteiger partial charge in [0.05, 0.1) is 18.7 Å². The van der Waals surface area contributed by atoms with Gasteiger partial charge in [-0.2, -0.15) is 5.10 Å². The summed E-state index contributed by atoms with van der Waals surface area (Å²) in [4.78, 5) is 4.14. The van der Waals surface area contributed by atoms with Gasteiger partial charge in [-0.1, -0.05) is 0 Å². The number of nitrogen functional groups attached to an aromatic ring is 1. The smallest absolute Gasteiger partial charge is 0.153 e. The van der Waals surface area contributed by atoms with E-state index in [9.17, 15) is 8.78 Å². The third-order valence-electron chi connectivity index (χ3n) is 3.74. The van der Waals surface area contributed by atoms with Crippen LogP contribution in [0.25, 0.3) is 11.0 Å². The molecule has 0 aliphatic heterocycles. The Balaban J connectivity index is 1.94. The van der Waals surface area contributed by atoms with Crippen molar-refractivity contribution in [1.82, 2.24) is 14.8 Å². The molecule has 0 radical (unpaired) electrons. The van der Waals surface area contributed by atoms with E-state index in [2.05, 4.69) is 10.1 Å². The molecule has 0 aliphatic rings. The van der Waals surface area contributed by atoms with Crippen molar-refractivity contribution in [2.24, 2.45) is 5.73 Å². The van der Waals surface area contributed by atoms with Gasteiger partial charge in [0.15, 0.2) is 5.69 Å². The van der Waals surface area contributed by atoms with E-state index >= 15 is 0 Å². The van der Waals surface area contributed by atoms with Gasteiger partial charge in [-0.25, -0.2) is 8.78 Å². The van der Waals surface area contributed by atoms with Gasteiger partial charge in [0.1, 0.15) is 35.3 Å². The lowest BCUT2D eigenvalue weighted by molar-refractivity contribution is 0.146. The van der Waals surface area contributed by atoms with Crippen LogP contribution in [0.5, 0.6) is 5.75 Å². The molecule has 9 heteroatoms. The lowest BCUT2D eigenvalue weighted by Gasteiger charge is -2.10. The van der Waals surface area contributed by atoms with E-state index in [0.29, 0.717) is 17.6 Å². The first kappa shape index (κ1) is 17.7. The lowest BCUT2D eigenvalue weighted by atomic mass is 10.2. The number of amidine groups is 1. The van der Waals surface area contributed by atoms with Crippen molar-refractivity contribution < 1.29 is 18.3 Å². The van der Waals surface area contributed by atoms with Crippen molar-refractivity contribution in [1.29, 1.82) is 5.41 Å². The number of methoxy groups -OCH3 is 1. The summed E-state index contributed by atoms with van der Waals surface area (Å²) >= 11 is 0. The van der Waals surface area contributed by atoms with E-state index in [1.807, 2.05) is 0 Å². The summed E-state index contributed by atoms with van der Waals surface area (Å²) < 4.78 is 40.2. The quantitative estimate of drug-likeness (QED) is 0.381. The van der Waals surface area contributed by atoms with E-state index in [0.717, 1.165) is 12.1 Å². The van der Waals surface area contributed by atoms with Crippen molar-refractivity contribution >= 4 is 16.9 Å². The predicted octanol–water partition coefficient (Wildman–Crippen LogP) is 2.07. The van der Waals surface area contributed by atoms with Crippen molar-refractivity contribution in [2.45, 2.75) is 6.54 Å². The van der Waals surface area contributed by atoms with Crippen LogP contribution in [0.2, 0.25) is 0 Å². The fraction of sp³-hybridized carbons (Fsp3) is 0.235. The molecule has 7 nitrogen and oxygen atoms in total. The molecule has 2 aromatic heterocycles. The Labute approximate surface area is 147 Å². The van der Waals surface area contributed by atoms with Gasteiger partial charge in [0.2, 0.25) is 0 Å². The zero-order chi connectivity index (χ0) is 18.7. The standard InChI is InChI=1S/C17H17F2N5O2/c1-25-5-6-26-10-7-12(18)11(13(19)8-10)9-24-14-3-2-4-22-15(14)16(23-24)17(20)21/h2-4,7-8H,5-6,9H2,1H3,(H3,20,21). The van der Waals surface area contributed by atoms with Gasteiger partial charge < -0.3 is 15.2 Å². The third-order valence-corrected chi connectivity index (χ3v) is 3.74. The minimum Gasteiger partial charge on any atom is -0.491 e. The van der Waals surface area contributed by atoms with Crippen LogP contribution < -0.4 is 10.5 Å². The molecule has 2 heterocycles. The maximum Gasteiger partial charge on any atom is 0.153 e. The first-order valence-corrected chi connectivity index (χ1v) is 7.77. The molecule has 3 aromatic rings. The van der Waals surface area contributed by atoms with Crippen LogP contribution in [0.4, 0.5) is 8.78 Å². The molecule has 3 N–H and O–H groups in total. The number of hydrogen-bond donors (Lipinski definition) is 2. The predicted molar refractivity (Wildman–Crippen MR) is 91.4 cm³/mol. The summed E-state index contributed by atoms with van der Waals surface area (Å²) in [6, 6.07) is 5.59. The molecule has 0 saturated carbocycles. The Morgan fingerprint density at radius 3 is 2.65 bits per heavy atom. The Morgan fingerprint density at radius 2 is 2.00 bits per heavy atom. The highest BCUT2D eigenvalue weighted by Crippen LogP contribution is 2.23. The Bertz CT molecular complexity index is 934. The summed E-state index contributed by atoms with van der Waals surface area (Å²) in [5.41, 5.74) is 6.44. The van der Waals surface area contributed by atoms with Crippen molar-refractivity contribution in [2.75, 3.05) is 20.3 Å². The second-order valence-electron chi connectivity index (χ2n) is 5.50. The SMILES string of the molecule is COCCOc1cc(F)c(Cn2nc(C(=N)N)c3ncccc32)c(F)c1. The van der Waals surface area contributed by atoms with Crippen LogP contribution in [-0.4, -0.2) is 40.9 Å². The molecule has 136 valence electrons. The average Bonchev–Trinajstić information content (AvgIpc) is 2.97. The first-order chi connectivity index (χ1) is 12.5. The zero-order valence-electron chi connectivity index (χ0n) is 14.0. The third kappa shape index (κ3) is 3.47. The fourth-order valence-electron chi connectivity index (χ4n) is 2.52. The number of hydrogen-bond acceptors (Lipinski definition) is 5. The number of aromatic nitrogens is 3. The van der Waals surface area contributed by atoms with Crippen LogP contribution in [0.3, 0.4) is 0 Å². The molecular formula is C17H17F2N5O2. The molecule has 1 aromatic carbocycles. The number of fused-ring (bicyclic) bond motifs is 1. The van der Waals surface area contributed by atoms with E-state index in [1.54, 1.807) is 12.1 Å². The normalized spacial score (nSPS) is 11.0. The van der Waals surface area contributed by atoms with Crippen LogP contribution in [0, 0.1) is 17.0 Å². The number of nitrogens with zero attached hydrogens (tertiary/aromatic N) is 3. The number of halogens is 2. The van der Waals surface area contributed by atoms with Gasteiger partial charge in [0, 0.05) is 31.0 Å². The average molecular weight is 361 g/mol. The number of rotatable bonds is 7. The molecular weight excluding hydrogens is 344 g/mol. The van der Waals surface area contributed by atoms with Gasteiger partial charge in [0.25, 0.3) is 0 Å². The summed E-state index contributed by atoms with van der Waals surface area (Å²) in [6.45, 7) is 0.322. The molecule has 0 spiro atoms. The highest BCUT2D eigenvalue weighted by molar-refractivity contribution is 6.03. The molecule has 26 heavy (non-hydrogen) atoms. The Morgan fingerprint density at radius 1 is 1.27 bits per heavy atom. The molecule has 0 saturated heterocycles. The van der Waals surface area contributed by atoms with E-state index in [4.69, 9.17) is 20.6 Å². The second-order valence-corrected chi connectivity index (χ2v) is 5.50. The summed E-state index contributed by atoms with van der Waals surface area (Å²) in [5, 5.41) is 11.8. The van der Waals surface area contributed by atoms with Gasteiger partial charge in [-0.3, -0.25) is 15.1 Å². The lowest BCUT2D eigenvalue weighted by Crippen LogP contribution is -2.14. The molecule has 0 fully saturated rings. The van der Waals surface area contributed by atoms with Crippen LogP contribution in [0.1, 0.15) is 11.3 Å². The highest BCUT2D eigenvalue weighted by Gasteiger charge is 2.18. The Kier molecular flexibility index (Phi) is 5.08. The molecule has 0 bridgehead atoms. The number of nitrogens with one attached hydrogen (secondary N) is 1. The topological polar surface area (TPSA) is 99.0 Å². The second kappa shape index (κ2) is 7.44. The van der Waals surface area contributed by atoms with Gasteiger partial charge in [-0.15, -0.1) is 0 Å². The maximum absolute atomic E-state index is 14.4. The maximum atomic E-state index is 14.4. The molecule has 0 amide bonds. The summed E-state index contributed by atoms with van der Waals surface area (Å²) in [5.74, 6) is -1.70. The fourth-order valence-corrected chi connectivity index (χ4v) is 2.52. The van der Waals surface area contributed by atoms with E-state index in [1.165, 1.54) is 18.0 Å². The van der Waals surface area contributed by atoms with Crippen LogP contribution >= 0.6 is 0 Å². The zero-order valence-corrected chi connectivity index (χ0v) is 14.0. The molecule has 3 rings (SSSR count). The Hall–Kier alpha value is -3.07. The number of ether oxygens (including phenoxy) is 2.